The first-order chi connectivity index (χ1) is 10.3. The summed E-state index contributed by atoms with van der Waals surface area (Å²) in [6.07, 6.45) is 3.76. The van der Waals surface area contributed by atoms with E-state index >= 15 is 0 Å². The van der Waals surface area contributed by atoms with Crippen LogP contribution in [0.2, 0.25) is 0 Å². The van der Waals surface area contributed by atoms with Crippen molar-refractivity contribution in [1.29, 1.82) is 0 Å². The molecule has 2 rings (SSSR count). The Labute approximate surface area is 132 Å². The maximum atomic E-state index is 14.1. The maximum absolute atomic E-state index is 14.1. The van der Waals surface area contributed by atoms with Crippen LogP contribution in [0.5, 0.6) is 0 Å². The van der Waals surface area contributed by atoms with Gasteiger partial charge in [-0.2, -0.15) is 4.31 Å². The van der Waals surface area contributed by atoms with Gasteiger partial charge in [-0.1, -0.05) is 25.3 Å². The number of nitrogens with zero attached hydrogens (tertiary/aromatic N) is 1. The van der Waals surface area contributed by atoms with E-state index < -0.39 is 21.9 Å². The molecule has 6 heteroatoms. The quantitative estimate of drug-likeness (QED) is 0.904. The molecule has 0 saturated heterocycles. The lowest BCUT2D eigenvalue weighted by molar-refractivity contribution is 0.136. The van der Waals surface area contributed by atoms with Gasteiger partial charge in [-0.15, -0.1) is 0 Å². The second-order valence-corrected chi connectivity index (χ2v) is 8.01. The zero-order valence-corrected chi connectivity index (χ0v) is 13.9. The highest BCUT2D eigenvalue weighted by atomic mass is 32.2. The maximum Gasteiger partial charge on any atom is 0.246 e. The van der Waals surface area contributed by atoms with E-state index in [9.17, 15) is 17.9 Å². The summed E-state index contributed by atoms with van der Waals surface area (Å²) in [6.45, 7) is 3.29. The molecular formula is C16H24FNO3S. The van der Waals surface area contributed by atoms with Crippen molar-refractivity contribution < 1.29 is 17.9 Å². The largest absolute Gasteiger partial charge is 0.392 e. The molecule has 1 fully saturated rings. The molecule has 0 aromatic heterocycles. The number of benzene rings is 1. The van der Waals surface area contributed by atoms with Crippen molar-refractivity contribution in [3.05, 3.63) is 29.6 Å². The second-order valence-electron chi connectivity index (χ2n) is 6.15. The minimum atomic E-state index is -3.95. The van der Waals surface area contributed by atoms with Gasteiger partial charge in [0.2, 0.25) is 10.0 Å². The van der Waals surface area contributed by atoms with E-state index in [1.54, 1.807) is 19.9 Å². The number of rotatable bonds is 5. The Morgan fingerprint density at radius 3 is 2.55 bits per heavy atom. The summed E-state index contributed by atoms with van der Waals surface area (Å²) in [5, 5.41) is 9.69. The normalized spacial score (nSPS) is 18.6. The molecule has 4 nitrogen and oxygen atoms in total. The number of halogens is 1. The molecule has 0 amide bonds. The van der Waals surface area contributed by atoms with Crippen LogP contribution >= 0.6 is 0 Å². The molecule has 1 atom stereocenters. The van der Waals surface area contributed by atoms with Gasteiger partial charge in [0.25, 0.3) is 0 Å². The minimum Gasteiger partial charge on any atom is -0.392 e. The number of aliphatic hydroxyl groups excluding tert-OH is 1. The van der Waals surface area contributed by atoms with Crippen molar-refractivity contribution in [2.24, 2.45) is 0 Å². The number of hydrogen-bond donors (Lipinski definition) is 1. The van der Waals surface area contributed by atoms with Gasteiger partial charge in [0.05, 0.1) is 6.10 Å². The van der Waals surface area contributed by atoms with Crippen LogP contribution in [0.15, 0.2) is 23.1 Å². The standard InChI is InChI=1S/C16H24FNO3S/c1-12-8-9-15(17)16(10-12)22(20,21)18(11-13(2)19)14-6-4-3-5-7-14/h8-10,13-14,19H,3-7,11H2,1-2H3. The van der Waals surface area contributed by atoms with Crippen LogP contribution in [0.3, 0.4) is 0 Å². The smallest absolute Gasteiger partial charge is 0.246 e. The summed E-state index contributed by atoms with van der Waals surface area (Å²) < 4.78 is 41.2. The molecule has 0 bridgehead atoms. The third-order valence-corrected chi connectivity index (χ3v) is 6.03. The van der Waals surface area contributed by atoms with Gasteiger partial charge in [0, 0.05) is 12.6 Å². The van der Waals surface area contributed by atoms with E-state index in [0.717, 1.165) is 32.1 Å². The van der Waals surface area contributed by atoms with Crippen molar-refractivity contribution in [3.63, 3.8) is 0 Å². The number of aryl methyl sites for hydroxylation is 1. The van der Waals surface area contributed by atoms with Crippen molar-refractivity contribution in [3.8, 4) is 0 Å². The second kappa shape index (κ2) is 7.06. The summed E-state index contributed by atoms with van der Waals surface area (Å²) >= 11 is 0. The zero-order valence-electron chi connectivity index (χ0n) is 13.1. The average molecular weight is 329 g/mol. The van der Waals surface area contributed by atoms with Crippen LogP contribution < -0.4 is 0 Å². The van der Waals surface area contributed by atoms with Gasteiger partial charge in [-0.25, -0.2) is 12.8 Å². The van der Waals surface area contributed by atoms with Gasteiger partial charge in [-0.3, -0.25) is 0 Å². The lowest BCUT2D eigenvalue weighted by atomic mass is 9.95. The molecule has 0 heterocycles. The van der Waals surface area contributed by atoms with Crippen LogP contribution in [0, 0.1) is 12.7 Å². The first-order valence-electron chi connectivity index (χ1n) is 7.78. The predicted octanol–water partition coefficient (Wildman–Crippen LogP) is 2.84. The van der Waals surface area contributed by atoms with Crippen LogP contribution in [0.1, 0.15) is 44.6 Å². The van der Waals surface area contributed by atoms with Gasteiger partial charge >= 0.3 is 0 Å². The summed E-state index contributed by atoms with van der Waals surface area (Å²) in [7, 11) is -3.95. The van der Waals surface area contributed by atoms with Crippen LogP contribution in [0.25, 0.3) is 0 Å². The Balaban J connectivity index is 2.41. The highest BCUT2D eigenvalue weighted by Gasteiger charge is 2.34. The van der Waals surface area contributed by atoms with Gasteiger partial charge in [0.1, 0.15) is 10.7 Å². The van der Waals surface area contributed by atoms with E-state index in [4.69, 9.17) is 0 Å². The van der Waals surface area contributed by atoms with E-state index in [1.165, 1.54) is 16.4 Å². The fourth-order valence-corrected chi connectivity index (χ4v) is 4.92. The molecule has 1 aromatic rings. The third-order valence-electron chi connectivity index (χ3n) is 4.10. The SMILES string of the molecule is Cc1ccc(F)c(S(=O)(=O)N(CC(C)O)C2CCCCC2)c1. The molecule has 0 spiro atoms. The highest BCUT2D eigenvalue weighted by molar-refractivity contribution is 7.89. The van der Waals surface area contributed by atoms with E-state index in [0.29, 0.717) is 5.56 Å². The number of aliphatic hydroxyl groups is 1. The Morgan fingerprint density at radius 1 is 1.32 bits per heavy atom. The van der Waals surface area contributed by atoms with E-state index in [2.05, 4.69) is 0 Å². The summed E-state index contributed by atoms with van der Waals surface area (Å²) in [5.74, 6) is -0.739. The molecule has 1 N–H and O–H groups in total. The molecule has 0 aliphatic heterocycles. The topological polar surface area (TPSA) is 57.6 Å². The molecular weight excluding hydrogens is 305 g/mol. The first kappa shape index (κ1) is 17.4. The minimum absolute atomic E-state index is 0.000379. The van der Waals surface area contributed by atoms with Crippen LogP contribution in [0.4, 0.5) is 4.39 Å². The predicted molar refractivity (Wildman–Crippen MR) is 83.6 cm³/mol. The molecule has 1 aromatic carbocycles. The van der Waals surface area contributed by atoms with Gasteiger partial charge < -0.3 is 5.11 Å². The summed E-state index contributed by atoms with van der Waals surface area (Å²) in [6, 6.07) is 3.94. The highest BCUT2D eigenvalue weighted by Crippen LogP contribution is 2.29. The Morgan fingerprint density at radius 2 is 1.95 bits per heavy atom. The Hall–Kier alpha value is -0.980. The van der Waals surface area contributed by atoms with Crippen molar-refractivity contribution >= 4 is 10.0 Å². The first-order valence-corrected chi connectivity index (χ1v) is 9.22. The van der Waals surface area contributed by atoms with Crippen LogP contribution in [-0.2, 0) is 10.0 Å². The van der Waals surface area contributed by atoms with Gasteiger partial charge in [-0.05, 0) is 44.4 Å². The monoisotopic (exact) mass is 329 g/mol. The fraction of sp³-hybridized carbons (Fsp3) is 0.625. The zero-order chi connectivity index (χ0) is 16.3. The van der Waals surface area contributed by atoms with Crippen molar-refractivity contribution in [1.82, 2.24) is 4.31 Å². The molecule has 1 unspecified atom stereocenters. The van der Waals surface area contributed by atoms with Crippen LogP contribution in [-0.4, -0.2) is 36.5 Å². The Kier molecular flexibility index (Phi) is 5.58. The van der Waals surface area contributed by atoms with E-state index in [1.807, 2.05) is 0 Å². The number of sulfonamides is 1. The fourth-order valence-electron chi connectivity index (χ4n) is 3.01. The molecule has 22 heavy (non-hydrogen) atoms. The number of hydrogen-bond acceptors (Lipinski definition) is 3. The lowest BCUT2D eigenvalue weighted by Crippen LogP contribution is -2.45. The summed E-state index contributed by atoms with van der Waals surface area (Å²) in [4.78, 5) is -0.293. The van der Waals surface area contributed by atoms with Crippen molar-refractivity contribution in [2.75, 3.05) is 6.54 Å². The molecule has 1 aliphatic carbocycles. The molecule has 0 radical (unpaired) electrons. The van der Waals surface area contributed by atoms with E-state index in [-0.39, 0.29) is 17.5 Å². The molecule has 1 saturated carbocycles. The lowest BCUT2D eigenvalue weighted by Gasteiger charge is -2.34. The van der Waals surface area contributed by atoms with Crippen molar-refractivity contribution in [2.45, 2.75) is 63.0 Å². The van der Waals surface area contributed by atoms with Gasteiger partial charge in [0.15, 0.2) is 0 Å². The molecule has 124 valence electrons. The molecule has 1 aliphatic rings. The Bertz CT molecular complexity index is 610. The summed E-state index contributed by atoms with van der Waals surface area (Å²) in [5.41, 5.74) is 0.695. The average Bonchev–Trinajstić information content (AvgIpc) is 2.47. The third kappa shape index (κ3) is 3.86.